The van der Waals surface area contributed by atoms with Crippen LogP contribution in [0.5, 0.6) is 0 Å². The van der Waals surface area contributed by atoms with Gasteiger partial charge in [0, 0.05) is 6.42 Å². The first-order valence-electron chi connectivity index (χ1n) is 30.1. The number of ether oxygens (including phenoxy) is 1. The summed E-state index contributed by atoms with van der Waals surface area (Å²) < 4.78 is 5.73. The van der Waals surface area contributed by atoms with E-state index in [0.29, 0.717) is 19.3 Å². The molecule has 11 amide bonds. The Hall–Kier alpha value is -7.99. The number of hydrogen-bond acceptors (Lipinski definition) is 19. The lowest BCUT2D eigenvalue weighted by Crippen LogP contribution is -2.63. The average molecular weight is 1240 g/mol. The van der Waals surface area contributed by atoms with Gasteiger partial charge in [0.05, 0.1) is 31.8 Å². The van der Waals surface area contributed by atoms with E-state index in [1.807, 2.05) is 30.3 Å². The number of amides is 11. The molecule has 0 aliphatic carbocycles. The zero-order valence-corrected chi connectivity index (χ0v) is 52.3. The summed E-state index contributed by atoms with van der Waals surface area (Å²) in [4.78, 5) is 170. The quantitative estimate of drug-likeness (QED) is 0.0304. The van der Waals surface area contributed by atoms with Crippen LogP contribution in [-0.4, -0.2) is 193 Å². The highest BCUT2D eigenvalue weighted by Crippen LogP contribution is 2.18. The molecule has 0 saturated carbocycles. The number of nitrogens with one attached hydrogen (secondary N) is 12. The number of carbonyl (C=O) groups is 12. The Kier molecular flexibility index (Phi) is 30.7. The molecule has 0 aromatic heterocycles. The van der Waals surface area contributed by atoms with Crippen molar-refractivity contribution in [3.63, 3.8) is 0 Å². The van der Waals surface area contributed by atoms with Gasteiger partial charge in [-0.1, -0.05) is 111 Å². The standard InChI is InChI=1S/C58H95N15O15/c1-12-28(5)42(70-49(79)37(61-11)23-34-19-17-16-18-20-34)53(83)67-39(26-74)51(81)65-36(21-22-41(59)76)48(78)69-44(30(7)14-3)55(85)71-43(29(6)13-2)54(84)68-40(27-75)52(82)73-46-33(10)88-57(87)45(31(8)15-4)72-50(80)38(24-35-25-62-58(60)64-35)66-47(77)32(9)63-56(46)86/h16-20,28-33,35-40,42-46,61,74-75H,12-15,21-27H2,1-11H3,(H2,59,76)(H,63,86)(H,65,81)(H,66,77)(H,67,83)(H,68,84)(H,69,78)(H,70,79)(H,71,85)(H,72,80)(H,73,82)(H3,60,62,64)/t28-,29-,30-,31-,32-,33?,35-,36+,37+,38?,39-,40-,42-,43-,44+,45-,46?/m0/s1. The van der Waals surface area contributed by atoms with Gasteiger partial charge in [0.2, 0.25) is 65.0 Å². The van der Waals surface area contributed by atoms with E-state index in [1.54, 1.807) is 62.4 Å². The lowest BCUT2D eigenvalue weighted by Gasteiger charge is -2.31. The van der Waals surface area contributed by atoms with Gasteiger partial charge < -0.3 is 90.2 Å². The molecule has 2 aliphatic rings. The molecular formula is C58H95N15O15. The fraction of sp³-hybridized carbons (Fsp3) is 0.672. The molecule has 1 aromatic rings. The van der Waals surface area contributed by atoms with Gasteiger partial charge in [-0.3, -0.25) is 57.7 Å². The van der Waals surface area contributed by atoms with Gasteiger partial charge in [-0.25, -0.2) is 4.79 Å². The third-order valence-corrected chi connectivity index (χ3v) is 16.1. The molecule has 2 aliphatic heterocycles. The number of benzene rings is 1. The molecule has 18 N–H and O–H groups in total. The number of aliphatic hydroxyl groups is 2. The molecule has 88 heavy (non-hydrogen) atoms. The van der Waals surface area contributed by atoms with Crippen molar-refractivity contribution in [2.75, 3.05) is 26.8 Å². The first-order valence-corrected chi connectivity index (χ1v) is 30.1. The molecule has 17 atom stereocenters. The van der Waals surface area contributed by atoms with E-state index in [2.05, 4.69) is 68.8 Å². The topological polar surface area (TPSA) is 463 Å². The Balaban J connectivity index is 1.85. The van der Waals surface area contributed by atoms with Crippen molar-refractivity contribution in [2.24, 2.45) is 40.1 Å². The van der Waals surface area contributed by atoms with Crippen LogP contribution in [0, 0.1) is 23.7 Å². The number of guanidine groups is 1. The summed E-state index contributed by atoms with van der Waals surface area (Å²) in [6.07, 6.45) is -0.755. The summed E-state index contributed by atoms with van der Waals surface area (Å²) in [5.41, 5.74) is 12.1. The molecule has 3 unspecified atom stereocenters. The van der Waals surface area contributed by atoms with Gasteiger partial charge >= 0.3 is 5.97 Å². The van der Waals surface area contributed by atoms with Crippen LogP contribution in [0.4, 0.5) is 0 Å². The van der Waals surface area contributed by atoms with Crippen molar-refractivity contribution < 1.29 is 72.5 Å². The molecular weight excluding hydrogens is 1150 g/mol. The van der Waals surface area contributed by atoms with Crippen molar-refractivity contribution in [1.82, 2.24) is 63.8 Å². The van der Waals surface area contributed by atoms with Crippen molar-refractivity contribution >= 4 is 76.9 Å². The maximum Gasteiger partial charge on any atom is 0.329 e. The number of aliphatic hydroxyl groups excluding tert-OH is 2. The summed E-state index contributed by atoms with van der Waals surface area (Å²) in [5, 5.41) is 52.3. The SMILES string of the molecule is CC[C@H](C)[C@H](NC(=O)[C@@H](Cc1ccccc1)NC)C(=O)N[C@@H](CO)C(=O)N[C@H](CCC(N)=O)C(=O)N[C@@H](C(=O)N[C@H](C(=O)N[C@@H](CO)C(=O)NC1C(=O)N[C@@H](C)C(=O)NC(C[C@H]2CN=C(N)N2)C(=O)N[C@@H]([C@@H](C)CC)C(=O)OC1C)[C@@H](C)CC)[C@@H](C)CC. The number of likely N-dealkylation sites (N-methyl/N-ethyl adjacent to an activating group) is 1. The van der Waals surface area contributed by atoms with Crippen LogP contribution in [-0.2, 0) is 68.7 Å². The second-order valence-electron chi connectivity index (χ2n) is 22.8. The van der Waals surface area contributed by atoms with Gasteiger partial charge in [0.15, 0.2) is 5.96 Å². The van der Waals surface area contributed by atoms with Gasteiger partial charge in [0.25, 0.3) is 0 Å². The Labute approximate surface area is 513 Å². The van der Waals surface area contributed by atoms with E-state index >= 15 is 0 Å². The molecule has 1 aromatic carbocycles. The van der Waals surface area contributed by atoms with Crippen LogP contribution in [0.2, 0.25) is 0 Å². The largest absolute Gasteiger partial charge is 0.458 e. The molecule has 0 radical (unpaired) electrons. The van der Waals surface area contributed by atoms with E-state index < -0.39 is 199 Å². The summed E-state index contributed by atoms with van der Waals surface area (Å²) in [6.45, 7) is 14.3. The molecule has 3 rings (SSSR count). The highest BCUT2D eigenvalue weighted by Gasteiger charge is 2.41. The number of nitrogens with two attached hydrogens (primary N) is 2. The fourth-order valence-corrected chi connectivity index (χ4v) is 9.49. The Morgan fingerprint density at radius 3 is 1.59 bits per heavy atom. The normalized spacial score (nSPS) is 22.7. The molecule has 0 spiro atoms. The van der Waals surface area contributed by atoms with E-state index in [-0.39, 0.29) is 31.8 Å². The van der Waals surface area contributed by atoms with Gasteiger partial charge in [0.1, 0.15) is 66.5 Å². The number of nitrogens with zero attached hydrogens (tertiary/aromatic N) is 1. The van der Waals surface area contributed by atoms with Crippen molar-refractivity contribution in [3.05, 3.63) is 35.9 Å². The van der Waals surface area contributed by atoms with Crippen molar-refractivity contribution in [3.8, 4) is 0 Å². The van der Waals surface area contributed by atoms with E-state index in [4.69, 9.17) is 16.2 Å². The highest BCUT2D eigenvalue weighted by atomic mass is 16.5. The van der Waals surface area contributed by atoms with Crippen LogP contribution in [0.1, 0.15) is 120 Å². The van der Waals surface area contributed by atoms with E-state index in [1.165, 1.54) is 13.8 Å². The predicted octanol–water partition coefficient (Wildman–Crippen LogP) is -4.26. The summed E-state index contributed by atoms with van der Waals surface area (Å²) in [7, 11) is 1.60. The van der Waals surface area contributed by atoms with Crippen molar-refractivity contribution in [1.29, 1.82) is 0 Å². The first-order chi connectivity index (χ1) is 41.6. The number of hydrogen-bond donors (Lipinski definition) is 16. The molecule has 2 heterocycles. The third-order valence-electron chi connectivity index (χ3n) is 16.1. The molecule has 1 saturated heterocycles. The monoisotopic (exact) mass is 1240 g/mol. The second-order valence-corrected chi connectivity index (χ2v) is 22.8. The van der Waals surface area contributed by atoms with Crippen LogP contribution >= 0.6 is 0 Å². The van der Waals surface area contributed by atoms with Gasteiger partial charge in [-0.15, -0.1) is 0 Å². The van der Waals surface area contributed by atoms with Crippen molar-refractivity contribution in [2.45, 2.75) is 199 Å². The van der Waals surface area contributed by atoms with Gasteiger partial charge in [-0.05, 0) is 69.4 Å². The van der Waals surface area contributed by atoms with Crippen LogP contribution in [0.25, 0.3) is 0 Å². The molecule has 30 heteroatoms. The zero-order chi connectivity index (χ0) is 66.1. The summed E-state index contributed by atoms with van der Waals surface area (Å²) in [5.74, 6) is -13.1. The molecule has 30 nitrogen and oxygen atoms in total. The number of carbonyl (C=O) groups excluding carboxylic acids is 12. The van der Waals surface area contributed by atoms with Crippen LogP contribution in [0.15, 0.2) is 35.3 Å². The van der Waals surface area contributed by atoms with E-state index in [9.17, 15) is 67.7 Å². The molecule has 492 valence electrons. The minimum absolute atomic E-state index is 0.0104. The lowest BCUT2D eigenvalue weighted by molar-refractivity contribution is -0.157. The zero-order valence-electron chi connectivity index (χ0n) is 52.3. The van der Waals surface area contributed by atoms with Crippen LogP contribution < -0.4 is 75.3 Å². The minimum Gasteiger partial charge on any atom is -0.458 e. The molecule has 0 bridgehead atoms. The van der Waals surface area contributed by atoms with E-state index in [0.717, 1.165) is 5.56 Å². The third kappa shape index (κ3) is 22.3. The fourth-order valence-electron chi connectivity index (χ4n) is 9.49. The first kappa shape index (κ1) is 74.3. The van der Waals surface area contributed by atoms with Gasteiger partial charge in [-0.2, -0.15) is 0 Å². The second kappa shape index (κ2) is 36.4. The highest BCUT2D eigenvalue weighted by molar-refractivity contribution is 5.99. The lowest BCUT2D eigenvalue weighted by atomic mass is 9.94. The predicted molar refractivity (Wildman–Crippen MR) is 322 cm³/mol. The maximum absolute atomic E-state index is 14.4. The Morgan fingerprint density at radius 1 is 0.625 bits per heavy atom. The Morgan fingerprint density at radius 2 is 1.11 bits per heavy atom. The number of cyclic esters (lactones) is 1. The summed E-state index contributed by atoms with van der Waals surface area (Å²) >= 11 is 0. The number of aliphatic imine (C=N–C) groups is 1. The maximum atomic E-state index is 14.4. The molecule has 1 fully saturated rings. The summed E-state index contributed by atoms with van der Waals surface area (Å²) in [6, 6.07) is -6.85. The minimum atomic E-state index is -1.82. The van der Waals surface area contributed by atoms with Crippen LogP contribution in [0.3, 0.4) is 0 Å². The number of esters is 1. The number of rotatable bonds is 32. The number of primary amides is 1. The Bertz CT molecular complexity index is 2610. The average Bonchev–Trinajstić information content (AvgIpc) is 4.12. The smallest absolute Gasteiger partial charge is 0.329 e.